The average Bonchev–Trinajstić information content (AvgIpc) is 2.77. The van der Waals surface area contributed by atoms with Crippen LogP contribution in [0.15, 0.2) is 30.6 Å². The highest BCUT2D eigenvalue weighted by Gasteiger charge is 2.06. The first-order valence-electron chi connectivity index (χ1n) is 6.60. The molecule has 3 aromatic rings. The first-order valence-corrected chi connectivity index (χ1v) is 7.42. The van der Waals surface area contributed by atoms with E-state index in [-0.39, 0.29) is 0 Å². The summed E-state index contributed by atoms with van der Waals surface area (Å²) in [4.78, 5) is 14.5. The topological polar surface area (TPSA) is 50.7 Å². The van der Waals surface area contributed by atoms with Gasteiger partial charge in [-0.2, -0.15) is 0 Å². The summed E-state index contributed by atoms with van der Waals surface area (Å²) < 4.78 is 0. The Kier molecular flexibility index (Phi) is 3.60. The fraction of sp³-hybridized carbons (Fsp3) is 0.267. The Morgan fingerprint density at radius 2 is 2.05 bits per heavy atom. The molecule has 0 aliphatic heterocycles. The van der Waals surface area contributed by atoms with Gasteiger partial charge in [0.2, 0.25) is 0 Å². The molecule has 0 unspecified atom stereocenters. The van der Waals surface area contributed by atoms with Crippen molar-refractivity contribution in [1.82, 2.24) is 15.0 Å². The van der Waals surface area contributed by atoms with Gasteiger partial charge in [0.15, 0.2) is 0 Å². The van der Waals surface area contributed by atoms with Crippen molar-refractivity contribution in [3.05, 3.63) is 46.2 Å². The van der Waals surface area contributed by atoms with Crippen LogP contribution in [0.1, 0.15) is 15.6 Å². The summed E-state index contributed by atoms with van der Waals surface area (Å²) in [6.45, 7) is 4.97. The number of hydrogen-bond donors (Lipinski definition) is 1. The predicted molar refractivity (Wildman–Crippen MR) is 83.3 cm³/mol. The summed E-state index contributed by atoms with van der Waals surface area (Å²) in [6, 6.07) is 5.91. The van der Waals surface area contributed by atoms with Crippen molar-refractivity contribution in [2.24, 2.45) is 0 Å². The molecule has 3 aromatic heterocycles. The van der Waals surface area contributed by atoms with Crippen molar-refractivity contribution in [2.45, 2.75) is 20.3 Å². The Labute approximate surface area is 121 Å². The van der Waals surface area contributed by atoms with Crippen LogP contribution in [0.2, 0.25) is 0 Å². The second-order valence-corrected chi connectivity index (χ2v) is 5.94. The fourth-order valence-electron chi connectivity index (χ4n) is 2.24. The van der Waals surface area contributed by atoms with Crippen LogP contribution in [0.4, 0.5) is 5.82 Å². The zero-order valence-corrected chi connectivity index (χ0v) is 12.4. The maximum Gasteiger partial charge on any atom is 0.135 e. The summed E-state index contributed by atoms with van der Waals surface area (Å²) >= 11 is 1.77. The highest BCUT2D eigenvalue weighted by atomic mass is 32.1. The molecule has 0 atom stereocenters. The van der Waals surface area contributed by atoms with E-state index in [0.717, 1.165) is 40.4 Å². The zero-order valence-electron chi connectivity index (χ0n) is 11.6. The number of rotatable bonds is 4. The number of aryl methyl sites for hydroxylation is 2. The largest absolute Gasteiger partial charge is 0.369 e. The van der Waals surface area contributed by atoms with Crippen molar-refractivity contribution in [2.75, 3.05) is 11.9 Å². The van der Waals surface area contributed by atoms with Gasteiger partial charge in [0.05, 0.1) is 16.2 Å². The predicted octanol–water partition coefficient (Wildman–Crippen LogP) is 3.36. The van der Waals surface area contributed by atoms with Crippen LogP contribution in [0.3, 0.4) is 0 Å². The molecule has 0 saturated heterocycles. The normalized spacial score (nSPS) is 10.9. The Hall–Kier alpha value is -2.01. The molecule has 1 N–H and O–H groups in total. The van der Waals surface area contributed by atoms with Crippen LogP contribution in [0.25, 0.3) is 10.9 Å². The van der Waals surface area contributed by atoms with Crippen LogP contribution < -0.4 is 5.32 Å². The molecule has 102 valence electrons. The van der Waals surface area contributed by atoms with E-state index in [1.165, 1.54) is 4.88 Å². The molecule has 20 heavy (non-hydrogen) atoms. The molecule has 0 bridgehead atoms. The number of fused-ring (bicyclic) bond motifs is 1. The van der Waals surface area contributed by atoms with E-state index in [1.807, 2.05) is 25.1 Å². The molecule has 0 aliphatic carbocycles. The van der Waals surface area contributed by atoms with Gasteiger partial charge in [-0.1, -0.05) is 0 Å². The lowest BCUT2D eigenvalue weighted by molar-refractivity contribution is 1.01. The monoisotopic (exact) mass is 284 g/mol. The van der Waals surface area contributed by atoms with Gasteiger partial charge in [0.1, 0.15) is 5.82 Å². The first-order chi connectivity index (χ1) is 9.74. The lowest BCUT2D eigenvalue weighted by atomic mass is 10.2. The minimum atomic E-state index is 0.851. The molecule has 4 nitrogen and oxygen atoms in total. The number of nitrogens with zero attached hydrogens (tertiary/aromatic N) is 3. The van der Waals surface area contributed by atoms with Gasteiger partial charge < -0.3 is 5.32 Å². The summed E-state index contributed by atoms with van der Waals surface area (Å²) in [7, 11) is 0. The molecule has 0 aromatic carbocycles. The number of aromatic nitrogens is 3. The van der Waals surface area contributed by atoms with E-state index >= 15 is 0 Å². The van der Waals surface area contributed by atoms with E-state index in [4.69, 9.17) is 0 Å². The summed E-state index contributed by atoms with van der Waals surface area (Å²) in [5, 5.41) is 5.59. The van der Waals surface area contributed by atoms with E-state index in [1.54, 1.807) is 23.7 Å². The average molecular weight is 284 g/mol. The molecule has 0 spiro atoms. The van der Waals surface area contributed by atoms with Crippen LogP contribution >= 0.6 is 11.3 Å². The third-order valence-corrected chi connectivity index (χ3v) is 4.31. The van der Waals surface area contributed by atoms with E-state index in [2.05, 4.69) is 27.2 Å². The van der Waals surface area contributed by atoms with Crippen molar-refractivity contribution >= 4 is 28.1 Å². The van der Waals surface area contributed by atoms with Crippen LogP contribution in [0, 0.1) is 13.8 Å². The Bertz CT molecular complexity index is 730. The van der Waals surface area contributed by atoms with Crippen LogP contribution in [0.5, 0.6) is 0 Å². The Morgan fingerprint density at radius 3 is 2.85 bits per heavy atom. The zero-order chi connectivity index (χ0) is 13.9. The van der Waals surface area contributed by atoms with Gasteiger partial charge in [-0.3, -0.25) is 4.98 Å². The molecule has 5 heteroatoms. The number of nitrogens with one attached hydrogen (secondary N) is 1. The number of thiazole rings is 1. The minimum Gasteiger partial charge on any atom is -0.369 e. The smallest absolute Gasteiger partial charge is 0.135 e. The number of hydrogen-bond acceptors (Lipinski definition) is 5. The summed E-state index contributed by atoms with van der Waals surface area (Å²) in [5.41, 5.74) is 2.11. The molecular formula is C15H16N4S. The Balaban J connectivity index is 1.73. The van der Waals surface area contributed by atoms with Crippen molar-refractivity contribution in [3.8, 4) is 0 Å². The second kappa shape index (κ2) is 5.54. The highest BCUT2D eigenvalue weighted by Crippen LogP contribution is 2.20. The lowest BCUT2D eigenvalue weighted by Crippen LogP contribution is -2.06. The molecule has 3 rings (SSSR count). The van der Waals surface area contributed by atoms with Gasteiger partial charge in [0.25, 0.3) is 0 Å². The minimum absolute atomic E-state index is 0.851. The number of anilines is 1. The standard InChI is InChI=1S/C15H16N4S/c1-10-14(20-11(2)19-10)6-9-18-15-12-4-3-7-16-13(12)5-8-17-15/h3-5,7-8H,6,9H2,1-2H3,(H,17,18). The van der Waals surface area contributed by atoms with E-state index in [9.17, 15) is 0 Å². The van der Waals surface area contributed by atoms with Gasteiger partial charge in [-0.25, -0.2) is 9.97 Å². The highest BCUT2D eigenvalue weighted by molar-refractivity contribution is 7.11. The third kappa shape index (κ3) is 2.63. The van der Waals surface area contributed by atoms with Gasteiger partial charge in [0, 0.05) is 35.6 Å². The first kappa shape index (κ1) is 13.0. The van der Waals surface area contributed by atoms with E-state index in [0.29, 0.717) is 0 Å². The molecular weight excluding hydrogens is 268 g/mol. The molecule has 3 heterocycles. The van der Waals surface area contributed by atoms with E-state index < -0.39 is 0 Å². The van der Waals surface area contributed by atoms with Crippen molar-refractivity contribution in [1.29, 1.82) is 0 Å². The second-order valence-electron chi connectivity index (χ2n) is 4.65. The van der Waals surface area contributed by atoms with Crippen LogP contribution in [-0.4, -0.2) is 21.5 Å². The van der Waals surface area contributed by atoms with Gasteiger partial charge >= 0.3 is 0 Å². The molecule has 0 radical (unpaired) electrons. The fourth-order valence-corrected chi connectivity index (χ4v) is 3.18. The molecule has 0 saturated carbocycles. The molecule has 0 fully saturated rings. The maximum absolute atomic E-state index is 4.45. The van der Waals surface area contributed by atoms with Gasteiger partial charge in [-0.05, 0) is 32.0 Å². The summed E-state index contributed by atoms with van der Waals surface area (Å²) in [5.74, 6) is 0.898. The Morgan fingerprint density at radius 1 is 1.15 bits per heavy atom. The van der Waals surface area contributed by atoms with Crippen molar-refractivity contribution < 1.29 is 0 Å². The maximum atomic E-state index is 4.45. The SMILES string of the molecule is Cc1nc(C)c(CCNc2nccc3ncccc23)s1. The third-order valence-electron chi connectivity index (χ3n) is 3.17. The molecule has 0 aliphatic rings. The lowest BCUT2D eigenvalue weighted by Gasteiger charge is -2.07. The van der Waals surface area contributed by atoms with Gasteiger partial charge in [-0.15, -0.1) is 11.3 Å². The van der Waals surface area contributed by atoms with Crippen LogP contribution in [-0.2, 0) is 6.42 Å². The summed E-state index contributed by atoms with van der Waals surface area (Å²) in [6.07, 6.45) is 4.56. The quantitative estimate of drug-likeness (QED) is 0.798. The van der Waals surface area contributed by atoms with Crippen molar-refractivity contribution in [3.63, 3.8) is 0 Å². The molecule has 0 amide bonds. The number of pyridine rings is 2.